The Balaban J connectivity index is 1.17. The number of carbonyl (C=O) groups excluding carboxylic acids is 2. The van der Waals surface area contributed by atoms with Crippen LogP contribution < -0.4 is 15.5 Å². The fourth-order valence-corrected chi connectivity index (χ4v) is 5.67. The molecule has 1 aliphatic heterocycles. The van der Waals surface area contributed by atoms with E-state index in [-0.39, 0.29) is 19.0 Å². The number of rotatable bonds is 9. The van der Waals surface area contributed by atoms with Crippen LogP contribution in [0, 0.1) is 5.82 Å². The maximum Gasteiger partial charge on any atom is 0.414 e. The third kappa shape index (κ3) is 6.04. The summed E-state index contributed by atoms with van der Waals surface area (Å²) in [5.74, 6) is -0.624. The Kier molecular flexibility index (Phi) is 7.59. The summed E-state index contributed by atoms with van der Waals surface area (Å²) in [6, 6.07) is 16.5. The number of hydrogen-bond acceptors (Lipinski definition) is 7. The van der Waals surface area contributed by atoms with Gasteiger partial charge in [0.25, 0.3) is 0 Å². The van der Waals surface area contributed by atoms with E-state index in [2.05, 4.69) is 32.4 Å². The van der Waals surface area contributed by atoms with Gasteiger partial charge in [0.1, 0.15) is 16.9 Å². The second-order valence-electron chi connectivity index (χ2n) is 8.64. The molecule has 1 atom stereocenters. The number of aromatic nitrogens is 1. The molecule has 0 bridgehead atoms. The molecule has 1 saturated heterocycles. The van der Waals surface area contributed by atoms with Crippen LogP contribution in [0.5, 0.6) is 0 Å². The summed E-state index contributed by atoms with van der Waals surface area (Å²) in [6.45, 7) is 3.21. The van der Waals surface area contributed by atoms with Crippen molar-refractivity contribution in [2.75, 3.05) is 18.0 Å². The maximum atomic E-state index is 15.0. The molecule has 37 heavy (non-hydrogen) atoms. The third-order valence-electron chi connectivity index (χ3n) is 5.90. The lowest BCUT2D eigenvalue weighted by molar-refractivity contribution is -0.119. The number of halogens is 1. The molecular weight excluding hydrogens is 511 g/mol. The van der Waals surface area contributed by atoms with Crippen LogP contribution in [0.25, 0.3) is 21.0 Å². The van der Waals surface area contributed by atoms with E-state index in [4.69, 9.17) is 4.74 Å². The van der Waals surface area contributed by atoms with E-state index in [1.807, 2.05) is 30.3 Å². The molecule has 4 aromatic rings. The maximum absolute atomic E-state index is 15.0. The average Bonchev–Trinajstić information content (AvgIpc) is 3.65. The number of amides is 2. The SMILES string of the molecule is CC(=O)NC[C@H]1CN(c2ccc(-c3ccc(CNCc4csc(-c5cccs5)n4)cc3)c(F)c2)C(=O)O1. The summed E-state index contributed by atoms with van der Waals surface area (Å²) >= 11 is 3.33. The Labute approximate surface area is 221 Å². The van der Waals surface area contributed by atoms with Crippen molar-refractivity contribution in [3.8, 4) is 21.0 Å². The van der Waals surface area contributed by atoms with Crippen LogP contribution in [0.2, 0.25) is 0 Å². The number of nitrogens with one attached hydrogen (secondary N) is 2. The Morgan fingerprint density at radius 1 is 1.16 bits per heavy atom. The first-order valence-corrected chi connectivity index (χ1v) is 13.5. The van der Waals surface area contributed by atoms with Crippen molar-refractivity contribution in [3.05, 3.63) is 82.4 Å². The van der Waals surface area contributed by atoms with Gasteiger partial charge in [-0.25, -0.2) is 14.2 Å². The molecule has 0 unspecified atom stereocenters. The quantitative estimate of drug-likeness (QED) is 0.298. The highest BCUT2D eigenvalue weighted by atomic mass is 32.1. The van der Waals surface area contributed by atoms with Crippen LogP contribution in [-0.2, 0) is 22.6 Å². The van der Waals surface area contributed by atoms with Gasteiger partial charge in [-0.3, -0.25) is 9.69 Å². The number of hydrogen-bond donors (Lipinski definition) is 2. The van der Waals surface area contributed by atoms with Crippen molar-refractivity contribution in [1.82, 2.24) is 15.6 Å². The molecule has 2 amide bonds. The second-order valence-corrected chi connectivity index (χ2v) is 10.4. The van der Waals surface area contributed by atoms with E-state index in [0.717, 1.165) is 21.8 Å². The summed E-state index contributed by atoms with van der Waals surface area (Å²) in [7, 11) is 0. The van der Waals surface area contributed by atoms with Crippen LogP contribution in [0.4, 0.5) is 14.9 Å². The molecule has 0 saturated carbocycles. The Morgan fingerprint density at radius 2 is 2.00 bits per heavy atom. The van der Waals surface area contributed by atoms with Crippen molar-refractivity contribution < 1.29 is 18.7 Å². The fourth-order valence-electron chi connectivity index (χ4n) is 4.04. The lowest BCUT2D eigenvalue weighted by Gasteiger charge is -2.15. The first kappa shape index (κ1) is 25.1. The number of ether oxygens (including phenoxy) is 1. The normalized spacial score (nSPS) is 15.1. The van der Waals surface area contributed by atoms with E-state index in [0.29, 0.717) is 24.3 Å². The zero-order chi connectivity index (χ0) is 25.8. The summed E-state index contributed by atoms with van der Waals surface area (Å²) in [6.07, 6.45) is -1.03. The standard InChI is InChI=1S/C27H25FN4O3S2/c1-17(33)30-14-22-15-32(27(34)35-22)21-8-9-23(24(28)11-21)19-6-4-18(5-7-19)12-29-13-20-16-37-26(31-20)25-3-2-10-36-25/h2-11,16,22,29H,12-15H2,1H3,(H,30,33)/t22-/m0/s1. The monoisotopic (exact) mass is 536 g/mol. The van der Waals surface area contributed by atoms with E-state index in [1.165, 1.54) is 22.8 Å². The number of benzene rings is 2. The summed E-state index contributed by atoms with van der Waals surface area (Å²) in [4.78, 5) is 30.6. The molecule has 1 aliphatic rings. The van der Waals surface area contributed by atoms with Crippen molar-refractivity contribution in [2.45, 2.75) is 26.1 Å². The smallest absolute Gasteiger partial charge is 0.414 e. The lowest BCUT2D eigenvalue weighted by Crippen LogP contribution is -2.33. The van der Waals surface area contributed by atoms with Gasteiger partial charge in [0.2, 0.25) is 5.91 Å². The molecule has 2 aromatic carbocycles. The third-order valence-corrected chi connectivity index (χ3v) is 7.83. The number of cyclic esters (lactones) is 1. The predicted molar refractivity (Wildman–Crippen MR) is 144 cm³/mol. The van der Waals surface area contributed by atoms with Crippen LogP contribution in [-0.4, -0.2) is 36.2 Å². The molecule has 1 fully saturated rings. The first-order valence-electron chi connectivity index (χ1n) is 11.8. The number of nitrogens with zero attached hydrogens (tertiary/aromatic N) is 2. The van der Waals surface area contributed by atoms with Crippen molar-refractivity contribution >= 4 is 40.4 Å². The van der Waals surface area contributed by atoms with Crippen LogP contribution in [0.15, 0.2) is 65.4 Å². The molecular formula is C27H25FN4O3S2. The minimum atomic E-state index is -0.556. The van der Waals surface area contributed by atoms with E-state index < -0.39 is 18.0 Å². The predicted octanol–water partition coefficient (Wildman–Crippen LogP) is 5.43. The number of thiazole rings is 1. The molecule has 0 aliphatic carbocycles. The zero-order valence-electron chi connectivity index (χ0n) is 20.1. The molecule has 2 N–H and O–H groups in total. The molecule has 5 rings (SSSR count). The highest BCUT2D eigenvalue weighted by Crippen LogP contribution is 2.30. The Hall–Kier alpha value is -3.60. The summed E-state index contributed by atoms with van der Waals surface area (Å²) in [5.41, 5.74) is 3.71. The average molecular weight is 537 g/mol. The van der Waals surface area contributed by atoms with Gasteiger partial charge in [-0.2, -0.15) is 0 Å². The minimum Gasteiger partial charge on any atom is -0.442 e. The molecule has 3 heterocycles. The largest absolute Gasteiger partial charge is 0.442 e. The number of carbonyl (C=O) groups is 2. The van der Waals surface area contributed by atoms with Gasteiger partial charge < -0.3 is 15.4 Å². The minimum absolute atomic E-state index is 0.199. The van der Waals surface area contributed by atoms with Gasteiger partial charge >= 0.3 is 6.09 Å². The fraction of sp³-hybridized carbons (Fsp3) is 0.222. The molecule has 0 radical (unpaired) electrons. The van der Waals surface area contributed by atoms with Gasteiger partial charge in [0.15, 0.2) is 0 Å². The molecule has 2 aromatic heterocycles. The van der Waals surface area contributed by atoms with Gasteiger partial charge in [-0.15, -0.1) is 22.7 Å². The molecule has 7 nitrogen and oxygen atoms in total. The number of anilines is 1. The van der Waals surface area contributed by atoms with Gasteiger partial charge in [-0.05, 0) is 40.8 Å². The van der Waals surface area contributed by atoms with Crippen molar-refractivity contribution in [2.24, 2.45) is 0 Å². The van der Waals surface area contributed by atoms with Gasteiger partial charge in [0, 0.05) is 31.0 Å². The summed E-state index contributed by atoms with van der Waals surface area (Å²) in [5, 5.41) is 11.2. The van der Waals surface area contributed by atoms with Gasteiger partial charge in [0.05, 0.1) is 29.3 Å². The first-order chi connectivity index (χ1) is 18.0. The van der Waals surface area contributed by atoms with Crippen molar-refractivity contribution in [3.63, 3.8) is 0 Å². The highest BCUT2D eigenvalue weighted by Gasteiger charge is 2.32. The second kappa shape index (κ2) is 11.2. The molecule has 190 valence electrons. The molecule has 10 heteroatoms. The summed E-state index contributed by atoms with van der Waals surface area (Å²) < 4.78 is 20.3. The van der Waals surface area contributed by atoms with Crippen molar-refractivity contribution in [1.29, 1.82) is 0 Å². The van der Waals surface area contributed by atoms with E-state index >= 15 is 4.39 Å². The van der Waals surface area contributed by atoms with E-state index in [1.54, 1.807) is 34.8 Å². The van der Waals surface area contributed by atoms with E-state index in [9.17, 15) is 9.59 Å². The van der Waals surface area contributed by atoms with Crippen LogP contribution in [0.3, 0.4) is 0 Å². The van der Waals surface area contributed by atoms with Crippen LogP contribution in [0.1, 0.15) is 18.2 Å². The van der Waals surface area contributed by atoms with Crippen LogP contribution >= 0.6 is 22.7 Å². The lowest BCUT2D eigenvalue weighted by atomic mass is 10.0. The molecule has 0 spiro atoms. The Bertz CT molecular complexity index is 1390. The Morgan fingerprint density at radius 3 is 2.73 bits per heavy atom. The topological polar surface area (TPSA) is 83.6 Å². The highest BCUT2D eigenvalue weighted by molar-refractivity contribution is 7.20. The van der Waals surface area contributed by atoms with Gasteiger partial charge in [-0.1, -0.05) is 30.3 Å². The number of thiophene rings is 1. The zero-order valence-corrected chi connectivity index (χ0v) is 21.7.